The lowest BCUT2D eigenvalue weighted by Crippen LogP contribution is -2.35. The van der Waals surface area contributed by atoms with Crippen molar-refractivity contribution in [3.63, 3.8) is 0 Å². The number of Topliss-reactive ketones (excluding diaryl/α,β-unsaturated/α-hetero) is 1. The Morgan fingerprint density at radius 2 is 1.85 bits per heavy atom. The molecule has 0 fully saturated rings. The van der Waals surface area contributed by atoms with Gasteiger partial charge < -0.3 is 5.11 Å². The van der Waals surface area contributed by atoms with Gasteiger partial charge in [-0.15, -0.1) is 0 Å². The molecular formula is C7H9F3O3. The summed E-state index contributed by atoms with van der Waals surface area (Å²) in [4.78, 5) is 20.7. The summed E-state index contributed by atoms with van der Waals surface area (Å²) in [5.41, 5.74) is 0. The molecule has 76 valence electrons. The van der Waals surface area contributed by atoms with Gasteiger partial charge >= 0.3 is 12.1 Å². The highest BCUT2D eigenvalue weighted by molar-refractivity contribution is 6.01. The van der Waals surface area contributed by atoms with Crippen LogP contribution in [0.15, 0.2) is 0 Å². The highest BCUT2D eigenvalue weighted by atomic mass is 19.4. The van der Waals surface area contributed by atoms with Crippen molar-refractivity contribution < 1.29 is 27.9 Å². The molecule has 0 aromatic carbocycles. The van der Waals surface area contributed by atoms with E-state index in [0.717, 1.165) is 0 Å². The SMILES string of the molecule is CCCC(C(=O)O)C(=O)C(F)(F)F. The van der Waals surface area contributed by atoms with Crippen LogP contribution in [-0.4, -0.2) is 23.0 Å². The molecule has 1 unspecified atom stereocenters. The van der Waals surface area contributed by atoms with E-state index in [-0.39, 0.29) is 12.8 Å². The van der Waals surface area contributed by atoms with Gasteiger partial charge in [-0.25, -0.2) is 0 Å². The van der Waals surface area contributed by atoms with Crippen LogP contribution in [0.1, 0.15) is 19.8 Å². The quantitative estimate of drug-likeness (QED) is 0.698. The van der Waals surface area contributed by atoms with Gasteiger partial charge in [0.05, 0.1) is 0 Å². The molecule has 0 heterocycles. The van der Waals surface area contributed by atoms with Crippen LogP contribution in [-0.2, 0) is 9.59 Å². The number of hydrogen-bond acceptors (Lipinski definition) is 2. The number of carboxylic acids is 1. The fourth-order valence-electron chi connectivity index (χ4n) is 0.853. The molecule has 0 aliphatic heterocycles. The maximum atomic E-state index is 11.8. The highest BCUT2D eigenvalue weighted by Crippen LogP contribution is 2.23. The van der Waals surface area contributed by atoms with E-state index in [2.05, 4.69) is 0 Å². The van der Waals surface area contributed by atoms with E-state index in [1.54, 1.807) is 0 Å². The summed E-state index contributed by atoms with van der Waals surface area (Å²) in [6, 6.07) is 0. The van der Waals surface area contributed by atoms with Crippen LogP contribution in [0.25, 0.3) is 0 Å². The maximum absolute atomic E-state index is 11.8. The number of hydrogen-bond donors (Lipinski definition) is 1. The fraction of sp³-hybridized carbons (Fsp3) is 0.714. The number of carboxylic acid groups (broad SMARTS) is 1. The van der Waals surface area contributed by atoms with E-state index in [1.165, 1.54) is 6.92 Å². The van der Waals surface area contributed by atoms with Gasteiger partial charge in [-0.2, -0.15) is 13.2 Å². The van der Waals surface area contributed by atoms with Crippen LogP contribution >= 0.6 is 0 Å². The molecule has 0 radical (unpaired) electrons. The molecule has 1 N–H and O–H groups in total. The number of halogens is 3. The zero-order valence-corrected chi connectivity index (χ0v) is 6.89. The third-order valence-electron chi connectivity index (χ3n) is 1.47. The monoisotopic (exact) mass is 198 g/mol. The number of alkyl halides is 3. The van der Waals surface area contributed by atoms with Crippen LogP contribution in [0.5, 0.6) is 0 Å². The third-order valence-corrected chi connectivity index (χ3v) is 1.47. The lowest BCUT2D eigenvalue weighted by molar-refractivity contribution is -0.179. The number of carbonyl (C=O) groups excluding carboxylic acids is 1. The third kappa shape index (κ3) is 3.43. The second-order valence-corrected chi connectivity index (χ2v) is 2.54. The maximum Gasteiger partial charge on any atom is 0.450 e. The Morgan fingerprint density at radius 1 is 1.38 bits per heavy atom. The molecule has 0 rings (SSSR count). The smallest absolute Gasteiger partial charge is 0.450 e. The van der Waals surface area contributed by atoms with Crippen molar-refractivity contribution in [1.82, 2.24) is 0 Å². The Labute approximate surface area is 72.5 Å². The topological polar surface area (TPSA) is 54.4 Å². The first-order valence-electron chi connectivity index (χ1n) is 3.64. The largest absolute Gasteiger partial charge is 0.481 e. The summed E-state index contributed by atoms with van der Waals surface area (Å²) in [5.74, 6) is -5.85. The van der Waals surface area contributed by atoms with Crippen LogP contribution < -0.4 is 0 Å². The number of ketones is 1. The van der Waals surface area contributed by atoms with Crippen molar-refractivity contribution >= 4 is 11.8 Å². The molecule has 0 spiro atoms. The zero-order chi connectivity index (χ0) is 10.6. The zero-order valence-electron chi connectivity index (χ0n) is 6.89. The van der Waals surface area contributed by atoms with Crippen molar-refractivity contribution in [1.29, 1.82) is 0 Å². The Kier molecular flexibility index (Phi) is 3.90. The molecule has 0 amide bonds. The predicted octanol–water partition coefficient (Wildman–Crippen LogP) is 1.62. The van der Waals surface area contributed by atoms with E-state index in [4.69, 9.17) is 5.11 Å². The molecular weight excluding hydrogens is 189 g/mol. The molecule has 0 saturated carbocycles. The predicted molar refractivity (Wildman–Crippen MR) is 37.1 cm³/mol. The van der Waals surface area contributed by atoms with E-state index >= 15 is 0 Å². The Hall–Kier alpha value is -1.07. The van der Waals surface area contributed by atoms with Crippen molar-refractivity contribution in [2.45, 2.75) is 25.9 Å². The molecule has 6 heteroatoms. The summed E-state index contributed by atoms with van der Waals surface area (Å²) in [6.07, 6.45) is -5.12. The van der Waals surface area contributed by atoms with Crippen molar-refractivity contribution in [2.75, 3.05) is 0 Å². The van der Waals surface area contributed by atoms with Crippen LogP contribution in [0, 0.1) is 5.92 Å². The fourth-order valence-corrected chi connectivity index (χ4v) is 0.853. The van der Waals surface area contributed by atoms with Gasteiger partial charge in [-0.1, -0.05) is 13.3 Å². The summed E-state index contributed by atoms with van der Waals surface area (Å²) >= 11 is 0. The van der Waals surface area contributed by atoms with Crippen molar-refractivity contribution in [2.24, 2.45) is 5.92 Å². The average molecular weight is 198 g/mol. The highest BCUT2D eigenvalue weighted by Gasteiger charge is 2.45. The first-order chi connectivity index (χ1) is 5.80. The summed E-state index contributed by atoms with van der Waals surface area (Å²) in [7, 11) is 0. The van der Waals surface area contributed by atoms with Gasteiger partial charge in [0.25, 0.3) is 0 Å². The molecule has 0 aromatic heterocycles. The van der Waals surface area contributed by atoms with Gasteiger partial charge in [0, 0.05) is 0 Å². The summed E-state index contributed by atoms with van der Waals surface area (Å²) in [5, 5.41) is 8.32. The molecule has 0 aliphatic carbocycles. The molecule has 0 aliphatic rings. The minimum Gasteiger partial charge on any atom is -0.481 e. The number of rotatable bonds is 4. The summed E-state index contributed by atoms with van der Waals surface area (Å²) in [6.45, 7) is 1.51. The number of aliphatic carboxylic acids is 1. The second-order valence-electron chi connectivity index (χ2n) is 2.54. The van der Waals surface area contributed by atoms with Crippen LogP contribution in [0.2, 0.25) is 0 Å². The Bertz CT molecular complexity index is 210. The van der Waals surface area contributed by atoms with Gasteiger partial charge in [-0.3, -0.25) is 9.59 Å². The molecule has 1 atom stereocenters. The molecule has 0 bridgehead atoms. The first kappa shape index (κ1) is 11.9. The van der Waals surface area contributed by atoms with E-state index in [1.807, 2.05) is 0 Å². The standard InChI is InChI=1S/C7H9F3O3/c1-2-3-4(6(12)13)5(11)7(8,9)10/h4H,2-3H2,1H3,(H,12,13). The lowest BCUT2D eigenvalue weighted by atomic mass is 9.98. The van der Waals surface area contributed by atoms with Crippen LogP contribution in [0.3, 0.4) is 0 Å². The molecule has 0 aromatic rings. The van der Waals surface area contributed by atoms with Crippen molar-refractivity contribution in [3.8, 4) is 0 Å². The van der Waals surface area contributed by atoms with Gasteiger partial charge in [0.1, 0.15) is 5.92 Å². The first-order valence-corrected chi connectivity index (χ1v) is 3.64. The van der Waals surface area contributed by atoms with E-state index in [9.17, 15) is 22.8 Å². The van der Waals surface area contributed by atoms with Gasteiger partial charge in [-0.05, 0) is 6.42 Å². The van der Waals surface area contributed by atoms with Crippen LogP contribution in [0.4, 0.5) is 13.2 Å². The van der Waals surface area contributed by atoms with Crippen molar-refractivity contribution in [3.05, 3.63) is 0 Å². The minimum absolute atomic E-state index is 0.221. The minimum atomic E-state index is -5.06. The van der Waals surface area contributed by atoms with E-state index in [0.29, 0.717) is 0 Å². The Morgan fingerprint density at radius 3 is 2.08 bits per heavy atom. The van der Waals surface area contributed by atoms with Gasteiger partial charge in [0.15, 0.2) is 0 Å². The summed E-state index contributed by atoms with van der Waals surface area (Å²) < 4.78 is 35.3. The van der Waals surface area contributed by atoms with E-state index < -0.39 is 23.8 Å². The molecule has 0 saturated heterocycles. The normalized spacial score (nSPS) is 13.8. The Balaban J connectivity index is 4.56. The lowest BCUT2D eigenvalue weighted by Gasteiger charge is -2.11. The van der Waals surface area contributed by atoms with Gasteiger partial charge in [0.2, 0.25) is 5.78 Å². The average Bonchev–Trinajstić information content (AvgIpc) is 1.96. The number of carbonyl (C=O) groups is 2. The second kappa shape index (κ2) is 4.25. The molecule has 13 heavy (non-hydrogen) atoms. The molecule has 3 nitrogen and oxygen atoms in total.